The van der Waals surface area contributed by atoms with E-state index in [1.54, 1.807) is 29.0 Å². The van der Waals surface area contributed by atoms with Crippen LogP contribution in [0.3, 0.4) is 0 Å². The number of aromatic nitrogens is 2. The second-order valence-corrected chi connectivity index (χ2v) is 3.83. The Labute approximate surface area is 103 Å². The van der Waals surface area contributed by atoms with Crippen molar-refractivity contribution in [3.05, 3.63) is 48.0 Å². The third-order valence-electron chi connectivity index (χ3n) is 2.28. The Morgan fingerprint density at radius 2 is 2.12 bits per heavy atom. The van der Waals surface area contributed by atoms with Gasteiger partial charge in [-0.1, -0.05) is 12.2 Å². The first-order valence-electron chi connectivity index (χ1n) is 4.83. The van der Waals surface area contributed by atoms with Crippen molar-refractivity contribution in [2.45, 2.75) is 0 Å². The maximum atomic E-state index is 11.0. The van der Waals surface area contributed by atoms with E-state index in [0.717, 1.165) is 5.69 Å². The number of hydrogen-bond acceptors (Lipinski definition) is 3. The van der Waals surface area contributed by atoms with E-state index in [2.05, 4.69) is 4.98 Å². The Bertz CT molecular complexity index is 591. The third-order valence-corrected chi connectivity index (χ3v) is 2.48. The number of carbonyl (C=O) groups excluding carboxylic acids is 1. The maximum absolute atomic E-state index is 11.0. The van der Waals surface area contributed by atoms with Crippen LogP contribution in [0.5, 0.6) is 0 Å². The Morgan fingerprint density at radius 1 is 1.35 bits per heavy atom. The first-order valence-corrected chi connectivity index (χ1v) is 5.24. The summed E-state index contributed by atoms with van der Waals surface area (Å²) in [6.07, 6.45) is 3.31. The summed E-state index contributed by atoms with van der Waals surface area (Å²) < 4.78 is 1.77. The van der Waals surface area contributed by atoms with E-state index in [1.807, 2.05) is 6.07 Å². The van der Waals surface area contributed by atoms with Gasteiger partial charge in [0.25, 0.3) is 5.91 Å². The van der Waals surface area contributed by atoms with Gasteiger partial charge in [-0.25, -0.2) is 0 Å². The van der Waals surface area contributed by atoms with Crippen LogP contribution in [-0.4, -0.2) is 20.4 Å². The fourth-order valence-corrected chi connectivity index (χ4v) is 1.68. The number of hydrogen-bond donors (Lipinski definition) is 2. The van der Waals surface area contributed by atoms with E-state index < -0.39 is 5.91 Å². The van der Waals surface area contributed by atoms with Gasteiger partial charge in [-0.05, 0) is 24.3 Å². The van der Waals surface area contributed by atoms with E-state index in [0.29, 0.717) is 5.69 Å². The first kappa shape index (κ1) is 11.3. The second kappa shape index (κ2) is 4.34. The lowest BCUT2D eigenvalue weighted by Crippen LogP contribution is -2.16. The zero-order chi connectivity index (χ0) is 12.4. The van der Waals surface area contributed by atoms with Crippen molar-refractivity contribution in [3.8, 4) is 5.69 Å². The monoisotopic (exact) mass is 246 g/mol. The van der Waals surface area contributed by atoms with Gasteiger partial charge in [-0.15, -0.1) is 0 Å². The number of amides is 1. The molecule has 0 saturated carbocycles. The van der Waals surface area contributed by atoms with Crippen LogP contribution in [0.2, 0.25) is 0 Å². The highest BCUT2D eigenvalue weighted by atomic mass is 32.1. The largest absolute Gasteiger partial charge is 0.388 e. The molecule has 6 heteroatoms. The highest BCUT2D eigenvalue weighted by Gasteiger charge is 2.08. The molecule has 0 aliphatic rings. The first-order chi connectivity index (χ1) is 8.09. The molecule has 2 heterocycles. The molecule has 0 saturated heterocycles. The van der Waals surface area contributed by atoms with Crippen molar-refractivity contribution in [3.63, 3.8) is 0 Å². The quantitative estimate of drug-likeness (QED) is 0.777. The van der Waals surface area contributed by atoms with Gasteiger partial charge in [0.15, 0.2) is 0 Å². The number of pyridine rings is 1. The predicted molar refractivity (Wildman–Crippen MR) is 68.0 cm³/mol. The summed E-state index contributed by atoms with van der Waals surface area (Å²) in [4.78, 5) is 15.2. The minimum Gasteiger partial charge on any atom is -0.388 e. The van der Waals surface area contributed by atoms with Gasteiger partial charge in [-0.2, -0.15) is 0 Å². The Hall–Kier alpha value is -2.21. The molecule has 0 spiro atoms. The highest BCUT2D eigenvalue weighted by molar-refractivity contribution is 7.80. The minimum atomic E-state index is -0.573. The molecule has 4 N–H and O–H groups in total. The average molecular weight is 246 g/mol. The standard InChI is InChI=1S/C11H10N4OS/c12-10(16)8-6-7(3-4-14-8)15-5-1-2-9(15)11(13)17/h1-6H,(H2,12,16)(H2,13,17). The lowest BCUT2D eigenvalue weighted by Gasteiger charge is -2.08. The lowest BCUT2D eigenvalue weighted by molar-refractivity contribution is 0.0995. The van der Waals surface area contributed by atoms with Crippen molar-refractivity contribution in [2.75, 3.05) is 0 Å². The molecule has 86 valence electrons. The molecule has 2 aromatic rings. The zero-order valence-electron chi connectivity index (χ0n) is 8.83. The summed E-state index contributed by atoms with van der Waals surface area (Å²) in [6.45, 7) is 0. The normalized spacial score (nSPS) is 10.1. The number of rotatable bonds is 3. The van der Waals surface area contributed by atoms with Crippen LogP contribution < -0.4 is 11.5 Å². The van der Waals surface area contributed by atoms with E-state index in [9.17, 15) is 4.79 Å². The van der Waals surface area contributed by atoms with Crippen LogP contribution in [0.4, 0.5) is 0 Å². The molecule has 0 aliphatic carbocycles. The van der Waals surface area contributed by atoms with Crippen LogP contribution >= 0.6 is 12.2 Å². The van der Waals surface area contributed by atoms with Crippen LogP contribution in [-0.2, 0) is 0 Å². The molecule has 0 aliphatic heterocycles. The van der Waals surface area contributed by atoms with Gasteiger partial charge >= 0.3 is 0 Å². The van der Waals surface area contributed by atoms with Crippen molar-refractivity contribution < 1.29 is 4.79 Å². The fraction of sp³-hybridized carbons (Fsp3) is 0. The molecule has 0 atom stereocenters. The summed E-state index contributed by atoms with van der Waals surface area (Å²) in [5, 5.41) is 0. The molecule has 5 nitrogen and oxygen atoms in total. The minimum absolute atomic E-state index is 0.199. The van der Waals surface area contributed by atoms with Crippen LogP contribution in [0, 0.1) is 0 Å². The van der Waals surface area contributed by atoms with Gasteiger partial charge in [0.2, 0.25) is 0 Å². The van der Waals surface area contributed by atoms with E-state index in [-0.39, 0.29) is 10.7 Å². The molecule has 17 heavy (non-hydrogen) atoms. The van der Waals surface area contributed by atoms with Gasteiger partial charge < -0.3 is 16.0 Å². The van der Waals surface area contributed by atoms with E-state index in [1.165, 1.54) is 6.20 Å². The highest BCUT2D eigenvalue weighted by Crippen LogP contribution is 2.13. The van der Waals surface area contributed by atoms with E-state index in [4.69, 9.17) is 23.7 Å². The number of carbonyl (C=O) groups is 1. The molecule has 0 aromatic carbocycles. The molecule has 0 radical (unpaired) electrons. The van der Waals surface area contributed by atoms with Crippen molar-refractivity contribution in [2.24, 2.45) is 11.5 Å². The maximum Gasteiger partial charge on any atom is 0.267 e. The second-order valence-electron chi connectivity index (χ2n) is 3.39. The Morgan fingerprint density at radius 3 is 2.76 bits per heavy atom. The van der Waals surface area contributed by atoms with Gasteiger partial charge in [0.1, 0.15) is 10.7 Å². The molecule has 2 aromatic heterocycles. The van der Waals surface area contributed by atoms with Crippen LogP contribution in [0.15, 0.2) is 36.7 Å². The van der Waals surface area contributed by atoms with Crippen molar-refractivity contribution in [1.29, 1.82) is 0 Å². The zero-order valence-corrected chi connectivity index (χ0v) is 9.65. The van der Waals surface area contributed by atoms with Gasteiger partial charge in [0, 0.05) is 18.1 Å². The summed E-state index contributed by atoms with van der Waals surface area (Å²) in [5.74, 6) is -0.573. The number of nitrogens with zero attached hydrogens (tertiary/aromatic N) is 2. The summed E-state index contributed by atoms with van der Waals surface area (Å²) in [7, 11) is 0. The van der Waals surface area contributed by atoms with E-state index >= 15 is 0 Å². The molecular formula is C11H10N4OS. The Kier molecular flexibility index (Phi) is 2.88. The summed E-state index contributed by atoms with van der Waals surface area (Å²) in [6, 6.07) is 6.95. The topological polar surface area (TPSA) is 86.9 Å². The predicted octanol–water partition coefficient (Wildman–Crippen LogP) is 0.605. The SMILES string of the molecule is NC(=O)c1cc(-n2cccc2C(N)=S)ccn1. The van der Waals surface area contributed by atoms with Gasteiger partial charge in [0.05, 0.1) is 5.69 Å². The smallest absolute Gasteiger partial charge is 0.267 e. The number of thiocarbonyl (C=S) groups is 1. The molecule has 0 bridgehead atoms. The van der Waals surface area contributed by atoms with Gasteiger partial charge in [-0.3, -0.25) is 9.78 Å². The number of primary amides is 1. The summed E-state index contributed by atoms with van der Waals surface area (Å²) >= 11 is 4.94. The fourth-order valence-electron chi connectivity index (χ4n) is 1.51. The Balaban J connectivity index is 2.53. The average Bonchev–Trinajstić information content (AvgIpc) is 2.78. The summed E-state index contributed by atoms with van der Waals surface area (Å²) in [5.41, 5.74) is 12.4. The lowest BCUT2D eigenvalue weighted by atomic mass is 10.3. The van der Waals surface area contributed by atoms with Crippen LogP contribution in [0.1, 0.15) is 16.2 Å². The molecular weight excluding hydrogens is 236 g/mol. The number of nitrogens with two attached hydrogens (primary N) is 2. The van der Waals surface area contributed by atoms with Crippen LogP contribution in [0.25, 0.3) is 5.69 Å². The molecule has 0 fully saturated rings. The van der Waals surface area contributed by atoms with Crippen molar-refractivity contribution >= 4 is 23.1 Å². The molecule has 2 rings (SSSR count). The molecule has 0 unspecified atom stereocenters. The van der Waals surface area contributed by atoms with Crippen molar-refractivity contribution in [1.82, 2.24) is 9.55 Å². The third kappa shape index (κ3) is 2.16. The molecule has 1 amide bonds.